The quantitative estimate of drug-likeness (QED) is 0.854. The SMILES string of the molecule is O=C(c1ccc(=O)[nH]n1)N1CCN(c2nccs2)CC1. The van der Waals surface area contributed by atoms with E-state index in [0.717, 1.165) is 18.2 Å². The average molecular weight is 291 g/mol. The molecule has 2 aromatic heterocycles. The van der Waals surface area contributed by atoms with Gasteiger partial charge in [-0.05, 0) is 6.07 Å². The standard InChI is InChI=1S/C12H13N5O2S/c18-10-2-1-9(14-15-10)11(19)16-4-6-17(7-5-16)12-13-3-8-20-12/h1-3,8H,4-7H2,(H,15,18). The Hall–Kier alpha value is -2.22. The van der Waals surface area contributed by atoms with Crippen LogP contribution in [-0.2, 0) is 0 Å². The Bertz CT molecular complexity index is 626. The number of aromatic nitrogens is 3. The van der Waals surface area contributed by atoms with Gasteiger partial charge in [-0.15, -0.1) is 11.3 Å². The van der Waals surface area contributed by atoms with E-state index in [2.05, 4.69) is 20.1 Å². The normalized spacial score (nSPS) is 15.4. The van der Waals surface area contributed by atoms with Crippen molar-refractivity contribution in [2.45, 2.75) is 0 Å². The van der Waals surface area contributed by atoms with E-state index in [1.54, 1.807) is 22.4 Å². The van der Waals surface area contributed by atoms with Gasteiger partial charge in [0.1, 0.15) is 5.69 Å². The van der Waals surface area contributed by atoms with Crippen LogP contribution in [0.1, 0.15) is 10.5 Å². The zero-order valence-corrected chi connectivity index (χ0v) is 11.5. The average Bonchev–Trinajstić information content (AvgIpc) is 3.02. The fraction of sp³-hybridized carbons (Fsp3) is 0.333. The van der Waals surface area contributed by atoms with Gasteiger partial charge < -0.3 is 9.80 Å². The van der Waals surface area contributed by atoms with Crippen LogP contribution in [0.3, 0.4) is 0 Å². The van der Waals surface area contributed by atoms with E-state index in [0.29, 0.717) is 13.1 Å². The molecule has 0 saturated carbocycles. The number of aromatic amines is 1. The van der Waals surface area contributed by atoms with Crippen molar-refractivity contribution in [1.29, 1.82) is 0 Å². The van der Waals surface area contributed by atoms with Gasteiger partial charge in [-0.25, -0.2) is 10.1 Å². The molecule has 1 saturated heterocycles. The zero-order valence-electron chi connectivity index (χ0n) is 10.7. The van der Waals surface area contributed by atoms with Crippen molar-refractivity contribution in [1.82, 2.24) is 20.1 Å². The molecular weight excluding hydrogens is 278 g/mol. The number of anilines is 1. The van der Waals surface area contributed by atoms with Crippen LogP contribution in [0.15, 0.2) is 28.5 Å². The number of rotatable bonds is 2. The van der Waals surface area contributed by atoms with E-state index in [1.807, 2.05) is 5.38 Å². The Kier molecular flexibility index (Phi) is 3.46. The molecule has 1 fully saturated rings. The lowest BCUT2D eigenvalue weighted by Crippen LogP contribution is -2.49. The topological polar surface area (TPSA) is 82.2 Å². The summed E-state index contributed by atoms with van der Waals surface area (Å²) >= 11 is 1.60. The molecule has 2 aromatic rings. The molecule has 1 N–H and O–H groups in total. The smallest absolute Gasteiger partial charge is 0.274 e. The second kappa shape index (κ2) is 5.41. The van der Waals surface area contributed by atoms with Crippen molar-refractivity contribution in [3.8, 4) is 0 Å². The van der Waals surface area contributed by atoms with Crippen LogP contribution in [0.5, 0.6) is 0 Å². The predicted octanol–water partition coefficient (Wildman–Crippen LogP) is 0.189. The minimum Gasteiger partial charge on any atom is -0.345 e. The lowest BCUT2D eigenvalue weighted by atomic mass is 10.3. The second-order valence-electron chi connectivity index (χ2n) is 4.40. The van der Waals surface area contributed by atoms with E-state index in [4.69, 9.17) is 0 Å². The van der Waals surface area contributed by atoms with Gasteiger partial charge in [-0.3, -0.25) is 9.59 Å². The minimum atomic E-state index is -0.310. The van der Waals surface area contributed by atoms with E-state index >= 15 is 0 Å². The van der Waals surface area contributed by atoms with Gasteiger partial charge in [-0.1, -0.05) is 0 Å². The molecule has 0 radical (unpaired) electrons. The summed E-state index contributed by atoms with van der Waals surface area (Å²) in [5.74, 6) is -0.153. The Morgan fingerprint density at radius 3 is 2.65 bits per heavy atom. The van der Waals surface area contributed by atoms with E-state index in [-0.39, 0.29) is 17.2 Å². The maximum absolute atomic E-state index is 12.2. The highest BCUT2D eigenvalue weighted by atomic mass is 32.1. The molecule has 104 valence electrons. The van der Waals surface area contributed by atoms with Crippen molar-refractivity contribution in [3.63, 3.8) is 0 Å². The summed E-state index contributed by atoms with van der Waals surface area (Å²) in [6.07, 6.45) is 1.78. The summed E-state index contributed by atoms with van der Waals surface area (Å²) in [6.45, 7) is 2.75. The van der Waals surface area contributed by atoms with Crippen LogP contribution < -0.4 is 10.5 Å². The molecule has 8 heteroatoms. The molecule has 0 aromatic carbocycles. The number of amides is 1. The third-order valence-corrected chi connectivity index (χ3v) is 3.99. The Morgan fingerprint density at radius 1 is 1.25 bits per heavy atom. The fourth-order valence-electron chi connectivity index (χ4n) is 2.10. The lowest BCUT2D eigenvalue weighted by molar-refractivity contribution is 0.0739. The maximum Gasteiger partial charge on any atom is 0.274 e. The van der Waals surface area contributed by atoms with Crippen LogP contribution in [0, 0.1) is 0 Å². The number of nitrogens with zero attached hydrogens (tertiary/aromatic N) is 4. The largest absolute Gasteiger partial charge is 0.345 e. The van der Waals surface area contributed by atoms with Gasteiger partial charge in [0.05, 0.1) is 0 Å². The second-order valence-corrected chi connectivity index (χ2v) is 5.27. The molecule has 0 atom stereocenters. The predicted molar refractivity (Wildman–Crippen MR) is 75.1 cm³/mol. The molecule has 1 aliphatic rings. The zero-order chi connectivity index (χ0) is 13.9. The number of carbonyl (C=O) groups is 1. The van der Waals surface area contributed by atoms with Crippen molar-refractivity contribution in [2.75, 3.05) is 31.1 Å². The summed E-state index contributed by atoms with van der Waals surface area (Å²) in [5.41, 5.74) is -0.0394. The third-order valence-electron chi connectivity index (χ3n) is 3.15. The summed E-state index contributed by atoms with van der Waals surface area (Å²) in [7, 11) is 0. The van der Waals surface area contributed by atoms with Crippen LogP contribution in [0.2, 0.25) is 0 Å². The highest BCUT2D eigenvalue weighted by Crippen LogP contribution is 2.19. The van der Waals surface area contributed by atoms with Crippen molar-refractivity contribution >= 4 is 22.4 Å². The molecule has 1 amide bonds. The van der Waals surface area contributed by atoms with Gasteiger partial charge in [0.25, 0.3) is 11.5 Å². The first kappa shape index (κ1) is 12.8. The summed E-state index contributed by atoms with van der Waals surface area (Å²) in [6, 6.07) is 2.76. The van der Waals surface area contributed by atoms with Crippen LogP contribution in [-0.4, -0.2) is 52.2 Å². The van der Waals surface area contributed by atoms with Gasteiger partial charge in [0.15, 0.2) is 5.13 Å². The molecule has 0 aliphatic carbocycles. The molecule has 7 nitrogen and oxygen atoms in total. The van der Waals surface area contributed by atoms with Crippen LogP contribution in [0.4, 0.5) is 5.13 Å². The first-order valence-corrected chi connectivity index (χ1v) is 7.11. The molecule has 3 rings (SSSR count). The first-order valence-electron chi connectivity index (χ1n) is 6.23. The monoisotopic (exact) mass is 291 g/mol. The van der Waals surface area contributed by atoms with Crippen molar-refractivity contribution < 1.29 is 4.79 Å². The summed E-state index contributed by atoms with van der Waals surface area (Å²) < 4.78 is 0. The number of H-pyrrole nitrogens is 1. The first-order chi connectivity index (χ1) is 9.74. The van der Waals surface area contributed by atoms with Gasteiger partial charge >= 0.3 is 0 Å². The number of thiazole rings is 1. The minimum absolute atomic E-state index is 0.153. The number of carbonyl (C=O) groups excluding carboxylic acids is 1. The number of nitrogens with one attached hydrogen (secondary N) is 1. The van der Waals surface area contributed by atoms with Crippen molar-refractivity contribution in [2.24, 2.45) is 0 Å². The van der Waals surface area contributed by atoms with Gasteiger partial charge in [0, 0.05) is 43.8 Å². The van der Waals surface area contributed by atoms with Gasteiger partial charge in [0.2, 0.25) is 0 Å². The molecule has 0 unspecified atom stereocenters. The van der Waals surface area contributed by atoms with Crippen molar-refractivity contribution in [3.05, 3.63) is 39.8 Å². The Labute approximate surface area is 118 Å². The summed E-state index contributed by atoms with van der Waals surface area (Å²) in [5, 5.41) is 8.98. The lowest BCUT2D eigenvalue weighted by Gasteiger charge is -2.34. The molecule has 20 heavy (non-hydrogen) atoms. The van der Waals surface area contributed by atoms with Crippen LogP contribution >= 0.6 is 11.3 Å². The number of hydrogen-bond donors (Lipinski definition) is 1. The van der Waals surface area contributed by atoms with Gasteiger partial charge in [-0.2, -0.15) is 5.10 Å². The van der Waals surface area contributed by atoms with E-state index in [9.17, 15) is 9.59 Å². The number of piperazine rings is 1. The molecule has 1 aliphatic heterocycles. The van der Waals surface area contributed by atoms with E-state index < -0.39 is 0 Å². The highest BCUT2D eigenvalue weighted by molar-refractivity contribution is 7.13. The molecule has 0 bridgehead atoms. The molecule has 3 heterocycles. The molecule has 0 spiro atoms. The van der Waals surface area contributed by atoms with Crippen LogP contribution in [0.25, 0.3) is 0 Å². The summed E-state index contributed by atoms with van der Waals surface area (Å²) in [4.78, 5) is 31.3. The fourth-order valence-corrected chi connectivity index (χ4v) is 2.80. The maximum atomic E-state index is 12.2. The molecular formula is C12H13N5O2S. The third kappa shape index (κ3) is 2.55. The Balaban J connectivity index is 1.64. The number of hydrogen-bond acceptors (Lipinski definition) is 6. The van der Waals surface area contributed by atoms with E-state index in [1.165, 1.54) is 12.1 Å². The Morgan fingerprint density at radius 2 is 2.05 bits per heavy atom. The highest BCUT2D eigenvalue weighted by Gasteiger charge is 2.23.